The number of ether oxygens (including phenoxy) is 1. The monoisotopic (exact) mass is 407 g/mol. The lowest BCUT2D eigenvalue weighted by molar-refractivity contribution is -0.384. The normalized spacial score (nSPS) is 10.6. The SMILES string of the molecule is CCc1nc2ccccc2c(C)c1C(=O)OCC(=O)Nc1ccc([N+](=O)[O-])cc1C. The number of nitrogens with zero attached hydrogens (tertiary/aromatic N) is 2. The highest BCUT2D eigenvalue weighted by Gasteiger charge is 2.20. The zero-order valence-corrected chi connectivity index (χ0v) is 16.9. The van der Waals surface area contributed by atoms with Crippen LogP contribution in [0.25, 0.3) is 10.9 Å². The Hall–Kier alpha value is -3.81. The molecule has 8 nitrogen and oxygen atoms in total. The van der Waals surface area contributed by atoms with E-state index >= 15 is 0 Å². The summed E-state index contributed by atoms with van der Waals surface area (Å²) in [6, 6.07) is 11.6. The fraction of sp³-hybridized carbons (Fsp3) is 0.227. The predicted octanol–water partition coefficient (Wildman–Crippen LogP) is 4.12. The van der Waals surface area contributed by atoms with E-state index in [2.05, 4.69) is 10.3 Å². The predicted molar refractivity (Wildman–Crippen MR) is 113 cm³/mol. The number of esters is 1. The molecule has 3 aromatic rings. The average Bonchev–Trinajstić information content (AvgIpc) is 2.73. The Balaban J connectivity index is 1.73. The van der Waals surface area contributed by atoms with Crippen molar-refractivity contribution in [1.82, 2.24) is 4.98 Å². The lowest BCUT2D eigenvalue weighted by atomic mass is 10.0. The highest BCUT2D eigenvalue weighted by atomic mass is 16.6. The number of benzene rings is 2. The Kier molecular flexibility index (Phi) is 6.06. The largest absolute Gasteiger partial charge is 0.452 e. The maximum Gasteiger partial charge on any atom is 0.340 e. The van der Waals surface area contributed by atoms with E-state index in [1.165, 1.54) is 18.2 Å². The Labute approximate surface area is 173 Å². The van der Waals surface area contributed by atoms with Crippen molar-refractivity contribution in [2.75, 3.05) is 11.9 Å². The molecular formula is C22H21N3O5. The summed E-state index contributed by atoms with van der Waals surface area (Å²) in [6.07, 6.45) is 0.546. The van der Waals surface area contributed by atoms with Gasteiger partial charge in [0.05, 0.1) is 21.7 Å². The van der Waals surface area contributed by atoms with Crippen LogP contribution in [-0.4, -0.2) is 28.4 Å². The summed E-state index contributed by atoms with van der Waals surface area (Å²) in [4.78, 5) is 39.8. The molecule has 0 saturated carbocycles. The molecule has 154 valence electrons. The molecule has 0 aliphatic carbocycles. The molecule has 0 bridgehead atoms. The van der Waals surface area contributed by atoms with E-state index < -0.39 is 23.4 Å². The van der Waals surface area contributed by atoms with Crippen LogP contribution in [0.4, 0.5) is 11.4 Å². The number of amides is 1. The first-order chi connectivity index (χ1) is 14.3. The van der Waals surface area contributed by atoms with Crippen LogP contribution in [-0.2, 0) is 16.0 Å². The van der Waals surface area contributed by atoms with Crippen molar-refractivity contribution < 1.29 is 19.2 Å². The van der Waals surface area contributed by atoms with Gasteiger partial charge in [0.2, 0.25) is 0 Å². The first kappa shape index (κ1) is 20.9. The molecule has 0 unspecified atom stereocenters. The molecular weight excluding hydrogens is 386 g/mol. The van der Waals surface area contributed by atoms with Gasteiger partial charge in [-0.05, 0) is 43.5 Å². The Morgan fingerprint density at radius 3 is 2.57 bits per heavy atom. The highest BCUT2D eigenvalue weighted by Crippen LogP contribution is 2.24. The van der Waals surface area contributed by atoms with Crippen LogP contribution >= 0.6 is 0 Å². The molecule has 3 rings (SSSR count). The van der Waals surface area contributed by atoms with E-state index in [0.717, 1.165) is 16.5 Å². The molecule has 0 spiro atoms. The second kappa shape index (κ2) is 8.69. The number of fused-ring (bicyclic) bond motifs is 1. The number of hydrogen-bond acceptors (Lipinski definition) is 6. The van der Waals surface area contributed by atoms with Gasteiger partial charge >= 0.3 is 5.97 Å². The lowest BCUT2D eigenvalue weighted by Gasteiger charge is -2.13. The Bertz CT molecular complexity index is 1160. The van der Waals surface area contributed by atoms with Crippen molar-refractivity contribution in [2.45, 2.75) is 27.2 Å². The molecule has 0 aliphatic rings. The average molecular weight is 407 g/mol. The van der Waals surface area contributed by atoms with E-state index in [-0.39, 0.29) is 5.69 Å². The number of nitro benzene ring substituents is 1. The molecule has 1 heterocycles. The van der Waals surface area contributed by atoms with Crippen LogP contribution in [0.3, 0.4) is 0 Å². The quantitative estimate of drug-likeness (QED) is 0.374. The number of anilines is 1. The van der Waals surface area contributed by atoms with Gasteiger partial charge in [-0.2, -0.15) is 0 Å². The van der Waals surface area contributed by atoms with Crippen molar-refractivity contribution in [3.63, 3.8) is 0 Å². The van der Waals surface area contributed by atoms with Gasteiger partial charge in [-0.25, -0.2) is 4.79 Å². The fourth-order valence-electron chi connectivity index (χ4n) is 3.26. The number of pyridine rings is 1. The molecule has 1 N–H and O–H groups in total. The van der Waals surface area contributed by atoms with Gasteiger partial charge in [-0.1, -0.05) is 25.1 Å². The summed E-state index contributed by atoms with van der Waals surface area (Å²) < 4.78 is 5.24. The number of hydrogen-bond donors (Lipinski definition) is 1. The molecule has 2 aromatic carbocycles. The molecule has 30 heavy (non-hydrogen) atoms. The van der Waals surface area contributed by atoms with Crippen LogP contribution in [0, 0.1) is 24.0 Å². The third kappa shape index (κ3) is 4.27. The number of non-ortho nitro benzene ring substituents is 1. The van der Waals surface area contributed by atoms with Gasteiger partial charge < -0.3 is 10.1 Å². The maximum absolute atomic E-state index is 12.7. The minimum Gasteiger partial charge on any atom is -0.452 e. The fourth-order valence-corrected chi connectivity index (χ4v) is 3.26. The van der Waals surface area contributed by atoms with Gasteiger partial charge in [0.15, 0.2) is 6.61 Å². The summed E-state index contributed by atoms with van der Waals surface area (Å²) in [5.41, 5.74) is 3.43. The van der Waals surface area contributed by atoms with Gasteiger partial charge in [0, 0.05) is 23.2 Å². The molecule has 8 heteroatoms. The van der Waals surface area contributed by atoms with Gasteiger partial charge in [0.1, 0.15) is 0 Å². The van der Waals surface area contributed by atoms with Crippen LogP contribution < -0.4 is 5.32 Å². The van der Waals surface area contributed by atoms with Crippen LogP contribution in [0.1, 0.15) is 34.1 Å². The number of carbonyl (C=O) groups is 2. The van der Waals surface area contributed by atoms with Crippen LogP contribution in [0.15, 0.2) is 42.5 Å². The molecule has 0 radical (unpaired) electrons. The zero-order chi connectivity index (χ0) is 21.8. The van der Waals surface area contributed by atoms with E-state index in [0.29, 0.717) is 28.9 Å². The van der Waals surface area contributed by atoms with Crippen molar-refractivity contribution in [2.24, 2.45) is 0 Å². The molecule has 0 aliphatic heterocycles. The van der Waals surface area contributed by atoms with E-state index in [4.69, 9.17) is 4.74 Å². The Morgan fingerprint density at radius 2 is 1.90 bits per heavy atom. The number of aryl methyl sites for hydroxylation is 3. The number of nitro groups is 1. The van der Waals surface area contributed by atoms with Crippen molar-refractivity contribution in [1.29, 1.82) is 0 Å². The zero-order valence-electron chi connectivity index (χ0n) is 16.9. The third-order valence-electron chi connectivity index (χ3n) is 4.80. The number of aromatic nitrogens is 1. The number of nitrogens with one attached hydrogen (secondary N) is 1. The standard InChI is InChI=1S/C22H21N3O5/c1-4-17-21(14(3)16-7-5-6-8-19(16)23-17)22(27)30-12-20(26)24-18-10-9-15(25(28)29)11-13(18)2/h5-11H,4,12H2,1-3H3,(H,24,26). The minimum absolute atomic E-state index is 0.0664. The topological polar surface area (TPSA) is 111 Å². The maximum atomic E-state index is 12.7. The lowest BCUT2D eigenvalue weighted by Crippen LogP contribution is -2.22. The molecule has 1 aromatic heterocycles. The summed E-state index contributed by atoms with van der Waals surface area (Å²) in [7, 11) is 0. The third-order valence-corrected chi connectivity index (χ3v) is 4.80. The summed E-state index contributed by atoms with van der Waals surface area (Å²) in [5.74, 6) is -1.15. The van der Waals surface area contributed by atoms with Gasteiger partial charge in [-0.15, -0.1) is 0 Å². The van der Waals surface area contributed by atoms with Crippen LogP contribution in [0.2, 0.25) is 0 Å². The second-order valence-electron chi connectivity index (χ2n) is 6.81. The van der Waals surface area contributed by atoms with Crippen LogP contribution in [0.5, 0.6) is 0 Å². The van der Waals surface area contributed by atoms with E-state index in [9.17, 15) is 19.7 Å². The smallest absolute Gasteiger partial charge is 0.340 e. The van der Waals surface area contributed by atoms with E-state index in [1.54, 1.807) is 6.92 Å². The van der Waals surface area contributed by atoms with Crippen molar-refractivity contribution >= 4 is 34.2 Å². The Morgan fingerprint density at radius 1 is 1.17 bits per heavy atom. The number of carbonyl (C=O) groups excluding carboxylic acids is 2. The molecule has 0 saturated heterocycles. The molecule has 0 atom stereocenters. The molecule has 0 fully saturated rings. The second-order valence-corrected chi connectivity index (χ2v) is 6.81. The van der Waals surface area contributed by atoms with E-state index in [1.807, 2.05) is 38.1 Å². The van der Waals surface area contributed by atoms with Gasteiger partial charge in [-0.3, -0.25) is 19.9 Å². The summed E-state index contributed by atoms with van der Waals surface area (Å²) >= 11 is 0. The summed E-state index contributed by atoms with van der Waals surface area (Å²) in [6.45, 7) is 4.90. The first-order valence-electron chi connectivity index (χ1n) is 9.42. The molecule has 1 amide bonds. The van der Waals surface area contributed by atoms with Crippen molar-refractivity contribution in [3.05, 3.63) is 75.0 Å². The summed E-state index contributed by atoms with van der Waals surface area (Å²) in [5, 5.41) is 14.3. The minimum atomic E-state index is -0.613. The number of rotatable bonds is 6. The van der Waals surface area contributed by atoms with Gasteiger partial charge in [0.25, 0.3) is 11.6 Å². The number of para-hydroxylation sites is 1. The highest BCUT2D eigenvalue weighted by molar-refractivity contribution is 6.00. The van der Waals surface area contributed by atoms with Crippen molar-refractivity contribution in [3.8, 4) is 0 Å². The first-order valence-corrected chi connectivity index (χ1v) is 9.42.